The summed E-state index contributed by atoms with van der Waals surface area (Å²) in [6, 6.07) is 14.8. The van der Waals surface area contributed by atoms with E-state index in [-0.39, 0.29) is 5.82 Å². The Labute approximate surface area is 217 Å². The first kappa shape index (κ1) is 25.7. The molecule has 2 aromatic heterocycles. The first-order valence-corrected chi connectivity index (χ1v) is 13.1. The van der Waals surface area contributed by atoms with Gasteiger partial charge in [0, 0.05) is 28.2 Å². The highest BCUT2D eigenvalue weighted by atomic mass is 32.2. The second-order valence-corrected chi connectivity index (χ2v) is 10.1. The van der Waals surface area contributed by atoms with Crippen molar-refractivity contribution in [3.05, 3.63) is 66.6 Å². The Morgan fingerprint density at radius 2 is 1.92 bits per heavy atom. The van der Waals surface area contributed by atoms with Gasteiger partial charge in [0.2, 0.25) is 0 Å². The topological polar surface area (TPSA) is 84.5 Å². The average molecular weight is 527 g/mol. The van der Waals surface area contributed by atoms with Gasteiger partial charge in [0.25, 0.3) is 0 Å². The minimum atomic E-state index is -0.392. The summed E-state index contributed by atoms with van der Waals surface area (Å²) < 4.78 is 25.6. The minimum Gasteiger partial charge on any atom is -0.493 e. The number of hydrogen-bond acceptors (Lipinski definition) is 7. The molecular weight excluding hydrogens is 499 g/mol. The molecular formula is C26H27FN4O3S2. The summed E-state index contributed by atoms with van der Waals surface area (Å²) in [5.41, 5.74) is 1.33. The van der Waals surface area contributed by atoms with E-state index >= 15 is 0 Å². The highest BCUT2D eigenvalue weighted by molar-refractivity contribution is 8.01. The van der Waals surface area contributed by atoms with Gasteiger partial charge in [0.15, 0.2) is 11.5 Å². The van der Waals surface area contributed by atoms with Crippen LogP contribution in [-0.2, 0) is 0 Å². The molecule has 10 heteroatoms. The van der Waals surface area contributed by atoms with Crippen molar-refractivity contribution in [3.63, 3.8) is 0 Å². The Balaban J connectivity index is 1.43. The predicted molar refractivity (Wildman–Crippen MR) is 144 cm³/mol. The third-order valence-corrected chi connectivity index (χ3v) is 7.33. The number of pyridine rings is 1. The van der Waals surface area contributed by atoms with Crippen LogP contribution < -0.4 is 25.4 Å². The molecule has 4 aromatic rings. The van der Waals surface area contributed by atoms with E-state index in [4.69, 9.17) is 9.47 Å². The number of amides is 2. The maximum absolute atomic E-state index is 13.1. The summed E-state index contributed by atoms with van der Waals surface area (Å²) >= 11 is 3.04. The number of aromatic nitrogens is 1. The number of nitrogens with one attached hydrogen (secondary N) is 3. The summed E-state index contributed by atoms with van der Waals surface area (Å²) in [4.78, 5) is 17.8. The van der Waals surface area contributed by atoms with E-state index in [2.05, 4.69) is 27.9 Å². The molecule has 2 amide bonds. The zero-order valence-corrected chi connectivity index (χ0v) is 21.6. The molecule has 0 aliphatic rings. The van der Waals surface area contributed by atoms with Gasteiger partial charge in [-0.25, -0.2) is 9.18 Å². The lowest BCUT2D eigenvalue weighted by molar-refractivity contribution is 0.262. The van der Waals surface area contributed by atoms with E-state index in [1.54, 1.807) is 25.1 Å². The monoisotopic (exact) mass is 526 g/mol. The van der Waals surface area contributed by atoms with Crippen molar-refractivity contribution in [1.29, 1.82) is 0 Å². The average Bonchev–Trinajstić information content (AvgIpc) is 3.31. The van der Waals surface area contributed by atoms with Gasteiger partial charge < -0.3 is 20.1 Å². The number of halogens is 1. The van der Waals surface area contributed by atoms with Gasteiger partial charge in [-0.05, 0) is 68.0 Å². The van der Waals surface area contributed by atoms with Crippen molar-refractivity contribution in [1.82, 2.24) is 10.3 Å². The standard InChI is InChI=1S/C26H27FN4O3S2/c1-3-28-12-4-14-34-22-16-20-19(15-21(22)33-2)23(11-13-29-20)35-25-10-9-24(36-25)31-26(32)30-18-7-5-17(27)6-8-18/h5-11,13,15-16,28H,3-4,12,14H2,1-2H3,(H2,30,31,32). The van der Waals surface area contributed by atoms with Crippen LogP contribution in [0.4, 0.5) is 19.9 Å². The number of thiophene rings is 1. The summed E-state index contributed by atoms with van der Waals surface area (Å²) in [7, 11) is 1.63. The quantitative estimate of drug-likeness (QED) is 0.191. The first-order chi connectivity index (χ1) is 17.6. The third-order valence-electron chi connectivity index (χ3n) is 5.12. The highest BCUT2D eigenvalue weighted by Crippen LogP contribution is 2.41. The smallest absolute Gasteiger partial charge is 0.324 e. The third kappa shape index (κ3) is 6.87. The number of nitrogens with zero attached hydrogens (tertiary/aromatic N) is 1. The van der Waals surface area contributed by atoms with Gasteiger partial charge in [-0.15, -0.1) is 11.3 Å². The molecule has 3 N–H and O–H groups in total. The molecule has 0 aliphatic carbocycles. The van der Waals surface area contributed by atoms with Crippen LogP contribution in [0.3, 0.4) is 0 Å². The Morgan fingerprint density at radius 3 is 2.69 bits per heavy atom. The number of hydrogen-bond donors (Lipinski definition) is 3. The molecule has 0 saturated carbocycles. The van der Waals surface area contributed by atoms with E-state index in [0.717, 1.165) is 39.5 Å². The number of fused-ring (bicyclic) bond motifs is 1. The van der Waals surface area contributed by atoms with Crippen molar-refractivity contribution in [2.24, 2.45) is 0 Å². The molecule has 0 radical (unpaired) electrons. The lowest BCUT2D eigenvalue weighted by Gasteiger charge is -2.13. The van der Waals surface area contributed by atoms with Gasteiger partial charge in [-0.1, -0.05) is 18.7 Å². The highest BCUT2D eigenvalue weighted by Gasteiger charge is 2.13. The zero-order chi connectivity index (χ0) is 25.3. The number of carbonyl (C=O) groups is 1. The molecule has 0 unspecified atom stereocenters. The largest absolute Gasteiger partial charge is 0.493 e. The van der Waals surface area contributed by atoms with E-state index in [9.17, 15) is 9.18 Å². The van der Waals surface area contributed by atoms with Gasteiger partial charge in [0.1, 0.15) is 5.82 Å². The van der Waals surface area contributed by atoms with E-state index in [0.29, 0.717) is 28.8 Å². The molecule has 2 heterocycles. The number of ether oxygens (including phenoxy) is 2. The Hall–Kier alpha value is -3.34. The van der Waals surface area contributed by atoms with E-state index < -0.39 is 6.03 Å². The number of methoxy groups -OCH3 is 1. The summed E-state index contributed by atoms with van der Waals surface area (Å²) in [5.74, 6) is 0.976. The number of carbonyl (C=O) groups excluding carboxylic acids is 1. The fraction of sp³-hybridized carbons (Fsp3) is 0.231. The van der Waals surface area contributed by atoms with E-state index in [1.165, 1.54) is 35.6 Å². The van der Waals surface area contributed by atoms with Gasteiger partial charge >= 0.3 is 6.03 Å². The molecule has 7 nitrogen and oxygen atoms in total. The van der Waals surface area contributed by atoms with Crippen LogP contribution >= 0.6 is 23.1 Å². The van der Waals surface area contributed by atoms with Crippen molar-refractivity contribution in [2.45, 2.75) is 22.4 Å². The summed E-state index contributed by atoms with van der Waals surface area (Å²) in [6.45, 7) is 4.50. The Morgan fingerprint density at radius 1 is 1.08 bits per heavy atom. The van der Waals surface area contributed by atoms with Gasteiger partial charge in [-0.3, -0.25) is 10.3 Å². The van der Waals surface area contributed by atoms with Crippen molar-refractivity contribution in [2.75, 3.05) is 37.4 Å². The van der Waals surface area contributed by atoms with Crippen LogP contribution in [0.2, 0.25) is 0 Å². The maximum atomic E-state index is 13.1. The molecule has 0 saturated heterocycles. The first-order valence-electron chi connectivity index (χ1n) is 11.5. The number of urea groups is 1. The molecule has 0 aliphatic heterocycles. The summed E-state index contributed by atoms with van der Waals surface area (Å²) in [5, 5.41) is 10.4. The fourth-order valence-electron chi connectivity index (χ4n) is 3.40. The molecule has 4 rings (SSSR count). The van der Waals surface area contributed by atoms with Crippen molar-refractivity contribution >= 4 is 50.7 Å². The van der Waals surface area contributed by atoms with Crippen molar-refractivity contribution in [3.8, 4) is 11.5 Å². The molecule has 36 heavy (non-hydrogen) atoms. The fourth-order valence-corrected chi connectivity index (χ4v) is 5.50. The summed E-state index contributed by atoms with van der Waals surface area (Å²) in [6.07, 6.45) is 2.67. The molecule has 2 aromatic carbocycles. The van der Waals surface area contributed by atoms with Crippen LogP contribution in [0.1, 0.15) is 13.3 Å². The molecule has 0 atom stereocenters. The Kier molecular flexibility index (Phi) is 8.99. The van der Waals surface area contributed by atoms with E-state index in [1.807, 2.05) is 30.3 Å². The van der Waals surface area contributed by atoms with Crippen LogP contribution in [0.5, 0.6) is 11.5 Å². The SMILES string of the molecule is CCNCCCOc1cc2nccc(Sc3ccc(NC(=O)Nc4ccc(F)cc4)s3)c2cc1OC. The Bertz CT molecular complexity index is 1310. The van der Waals surface area contributed by atoms with Crippen LogP contribution in [0.15, 0.2) is 69.9 Å². The molecule has 0 bridgehead atoms. The van der Waals surface area contributed by atoms with Crippen LogP contribution in [-0.4, -0.2) is 37.8 Å². The second kappa shape index (κ2) is 12.6. The van der Waals surface area contributed by atoms with Crippen LogP contribution in [0, 0.1) is 5.82 Å². The number of benzene rings is 2. The van der Waals surface area contributed by atoms with Crippen LogP contribution in [0.25, 0.3) is 10.9 Å². The lowest BCUT2D eigenvalue weighted by Crippen LogP contribution is -2.18. The number of anilines is 2. The molecule has 0 spiro atoms. The predicted octanol–water partition coefficient (Wildman–Crippen LogP) is 6.62. The minimum absolute atomic E-state index is 0.356. The second-order valence-electron chi connectivity index (χ2n) is 7.69. The molecule has 188 valence electrons. The van der Waals surface area contributed by atoms with Gasteiger partial charge in [0.05, 0.1) is 28.4 Å². The van der Waals surface area contributed by atoms with Crippen molar-refractivity contribution < 1.29 is 18.7 Å². The normalized spacial score (nSPS) is 10.9. The zero-order valence-electron chi connectivity index (χ0n) is 20.0. The maximum Gasteiger partial charge on any atom is 0.324 e. The lowest BCUT2D eigenvalue weighted by atomic mass is 10.2. The molecule has 0 fully saturated rings. The van der Waals surface area contributed by atoms with Gasteiger partial charge in [-0.2, -0.15) is 0 Å². The number of rotatable bonds is 11.